The van der Waals surface area contributed by atoms with Gasteiger partial charge in [0.15, 0.2) is 0 Å². The fraction of sp³-hybridized carbons (Fsp3) is 0.250. The largest absolute Gasteiger partial charge is 0.331 e. The van der Waals surface area contributed by atoms with E-state index in [1.54, 1.807) is 14.0 Å². The molecule has 0 bridgehead atoms. The maximum Gasteiger partial charge on any atom is 0.322 e. The number of hydrogen-bond acceptors (Lipinski definition) is 3. The average molecular weight is 332 g/mol. The highest BCUT2D eigenvalue weighted by Gasteiger charge is 2.17. The first-order valence-corrected chi connectivity index (χ1v) is 6.70. The molecular weight excluding hydrogens is 320 g/mol. The van der Waals surface area contributed by atoms with Gasteiger partial charge in [0.2, 0.25) is 5.95 Å². The van der Waals surface area contributed by atoms with Crippen LogP contribution in [0.25, 0.3) is 0 Å². The molecule has 112 valence electrons. The van der Waals surface area contributed by atoms with Crippen LogP contribution in [0.2, 0.25) is 10.0 Å². The molecular formula is C12H12Cl2FN5O. The molecule has 1 atom stereocenters. The number of amides is 2. The van der Waals surface area contributed by atoms with Gasteiger partial charge in [-0.05, 0) is 19.1 Å². The molecule has 1 aromatic heterocycles. The molecule has 2 N–H and O–H groups in total. The minimum absolute atomic E-state index is 0.0974. The summed E-state index contributed by atoms with van der Waals surface area (Å²) in [4.78, 5) is 15.7. The van der Waals surface area contributed by atoms with Crippen molar-refractivity contribution in [2.75, 3.05) is 5.32 Å². The molecule has 21 heavy (non-hydrogen) atoms. The second kappa shape index (κ2) is 6.28. The van der Waals surface area contributed by atoms with Crippen LogP contribution in [-0.4, -0.2) is 20.8 Å². The fourth-order valence-corrected chi connectivity index (χ4v) is 2.22. The van der Waals surface area contributed by atoms with Crippen LogP contribution < -0.4 is 10.6 Å². The van der Waals surface area contributed by atoms with Gasteiger partial charge in [-0.1, -0.05) is 23.2 Å². The van der Waals surface area contributed by atoms with Gasteiger partial charge in [0.25, 0.3) is 0 Å². The Kier molecular flexibility index (Phi) is 4.64. The summed E-state index contributed by atoms with van der Waals surface area (Å²) >= 11 is 11.6. The first kappa shape index (κ1) is 15.5. The second-order valence-corrected chi connectivity index (χ2v) is 5.16. The van der Waals surface area contributed by atoms with Crippen molar-refractivity contribution in [3.05, 3.63) is 39.9 Å². The van der Waals surface area contributed by atoms with Crippen LogP contribution in [0.1, 0.15) is 18.5 Å². The number of rotatable bonds is 3. The van der Waals surface area contributed by atoms with Gasteiger partial charge in [-0.15, -0.1) is 0 Å². The number of aryl methyl sites for hydroxylation is 1. The Morgan fingerprint density at radius 1 is 1.43 bits per heavy atom. The molecule has 2 amide bonds. The van der Waals surface area contributed by atoms with Gasteiger partial charge in [0.1, 0.15) is 12.1 Å². The Morgan fingerprint density at radius 2 is 2.14 bits per heavy atom. The number of anilines is 1. The van der Waals surface area contributed by atoms with Gasteiger partial charge < -0.3 is 5.32 Å². The lowest BCUT2D eigenvalue weighted by Crippen LogP contribution is -2.32. The van der Waals surface area contributed by atoms with Crippen LogP contribution in [0.4, 0.5) is 15.1 Å². The average Bonchev–Trinajstić information content (AvgIpc) is 2.79. The van der Waals surface area contributed by atoms with Crippen LogP contribution in [-0.2, 0) is 7.05 Å². The van der Waals surface area contributed by atoms with Crippen molar-refractivity contribution in [3.63, 3.8) is 0 Å². The molecule has 0 aliphatic rings. The van der Waals surface area contributed by atoms with E-state index in [1.165, 1.54) is 23.1 Å². The van der Waals surface area contributed by atoms with Gasteiger partial charge in [-0.2, -0.15) is 10.1 Å². The third kappa shape index (κ3) is 3.62. The fourth-order valence-electron chi connectivity index (χ4n) is 1.71. The summed E-state index contributed by atoms with van der Waals surface area (Å²) in [5.74, 6) is -0.350. The highest BCUT2D eigenvalue weighted by atomic mass is 35.5. The number of aromatic nitrogens is 3. The van der Waals surface area contributed by atoms with E-state index in [4.69, 9.17) is 23.2 Å². The molecule has 1 unspecified atom stereocenters. The summed E-state index contributed by atoms with van der Waals surface area (Å²) in [5.41, 5.74) is 0.195. The van der Waals surface area contributed by atoms with E-state index in [-0.39, 0.29) is 16.5 Å². The Labute approximate surface area is 130 Å². The third-order valence-corrected chi connectivity index (χ3v) is 3.27. The van der Waals surface area contributed by atoms with Crippen molar-refractivity contribution >= 4 is 35.2 Å². The summed E-state index contributed by atoms with van der Waals surface area (Å²) < 4.78 is 15.3. The molecule has 9 heteroatoms. The zero-order chi connectivity index (χ0) is 15.6. The highest BCUT2D eigenvalue weighted by Crippen LogP contribution is 2.27. The molecule has 0 saturated carbocycles. The lowest BCUT2D eigenvalue weighted by molar-refractivity contribution is 0.249. The number of carbonyl (C=O) groups excluding carboxylic acids is 1. The maximum atomic E-state index is 13.9. The minimum Gasteiger partial charge on any atom is -0.331 e. The molecule has 2 rings (SSSR count). The number of halogens is 3. The predicted molar refractivity (Wildman–Crippen MR) is 78.0 cm³/mol. The van der Waals surface area contributed by atoms with Crippen molar-refractivity contribution in [2.45, 2.75) is 13.0 Å². The number of carbonyl (C=O) groups is 1. The molecule has 0 fully saturated rings. The van der Waals surface area contributed by atoms with Crippen LogP contribution in [0.3, 0.4) is 0 Å². The predicted octanol–water partition coefficient (Wildman–Crippen LogP) is 3.14. The number of hydrogen-bond donors (Lipinski definition) is 2. The van der Waals surface area contributed by atoms with Crippen molar-refractivity contribution in [2.24, 2.45) is 7.05 Å². The zero-order valence-electron chi connectivity index (χ0n) is 11.2. The monoisotopic (exact) mass is 331 g/mol. The van der Waals surface area contributed by atoms with E-state index in [1.807, 2.05) is 0 Å². The maximum absolute atomic E-state index is 13.9. The van der Waals surface area contributed by atoms with Gasteiger partial charge in [0.05, 0.1) is 11.1 Å². The van der Waals surface area contributed by atoms with Crippen LogP contribution in [0, 0.1) is 5.82 Å². The Balaban J connectivity index is 2.09. The van der Waals surface area contributed by atoms with Crippen LogP contribution >= 0.6 is 23.2 Å². The summed E-state index contributed by atoms with van der Waals surface area (Å²) in [6, 6.07) is 1.54. The Morgan fingerprint density at radius 3 is 2.76 bits per heavy atom. The van der Waals surface area contributed by atoms with Crippen molar-refractivity contribution in [1.29, 1.82) is 0 Å². The molecule has 0 radical (unpaired) electrons. The van der Waals surface area contributed by atoms with Gasteiger partial charge >= 0.3 is 6.03 Å². The van der Waals surface area contributed by atoms with E-state index in [0.29, 0.717) is 5.02 Å². The van der Waals surface area contributed by atoms with Crippen molar-refractivity contribution in [3.8, 4) is 0 Å². The quantitative estimate of drug-likeness (QED) is 0.848. The number of nitrogens with zero attached hydrogens (tertiary/aromatic N) is 3. The summed E-state index contributed by atoms with van der Waals surface area (Å²) in [7, 11) is 1.63. The van der Waals surface area contributed by atoms with Gasteiger partial charge in [0, 0.05) is 17.6 Å². The normalized spacial score (nSPS) is 12.0. The second-order valence-electron chi connectivity index (χ2n) is 4.32. The van der Waals surface area contributed by atoms with Gasteiger partial charge in [-0.3, -0.25) is 5.32 Å². The summed E-state index contributed by atoms with van der Waals surface area (Å²) in [6.45, 7) is 1.61. The molecule has 0 spiro atoms. The van der Waals surface area contributed by atoms with Crippen LogP contribution in [0.15, 0.2) is 18.5 Å². The number of benzene rings is 1. The first-order chi connectivity index (χ1) is 9.88. The lowest BCUT2D eigenvalue weighted by atomic mass is 10.1. The van der Waals surface area contributed by atoms with Crippen molar-refractivity contribution in [1.82, 2.24) is 20.1 Å². The summed E-state index contributed by atoms with van der Waals surface area (Å²) in [6.07, 6.45) is 1.30. The Hall–Kier alpha value is -1.86. The SMILES string of the molecule is CC(NC(=O)Nc1ncnn1C)c1cc(Cl)cc(Cl)c1F. The molecule has 1 aromatic carbocycles. The molecule has 2 aromatic rings. The van der Waals surface area contributed by atoms with E-state index in [9.17, 15) is 9.18 Å². The lowest BCUT2D eigenvalue weighted by Gasteiger charge is -2.16. The van der Waals surface area contributed by atoms with Crippen LogP contribution in [0.5, 0.6) is 0 Å². The molecule has 0 aliphatic carbocycles. The van der Waals surface area contributed by atoms with Gasteiger partial charge in [-0.25, -0.2) is 13.9 Å². The first-order valence-electron chi connectivity index (χ1n) is 5.94. The highest BCUT2D eigenvalue weighted by molar-refractivity contribution is 6.34. The number of urea groups is 1. The van der Waals surface area contributed by atoms with Crippen molar-refractivity contribution < 1.29 is 9.18 Å². The van der Waals surface area contributed by atoms with E-state index in [2.05, 4.69) is 20.7 Å². The van der Waals surface area contributed by atoms with E-state index in [0.717, 1.165) is 0 Å². The smallest absolute Gasteiger partial charge is 0.322 e. The standard InChI is InChI=1S/C12H12Cl2FN5O/c1-6(8-3-7(13)4-9(14)10(8)15)18-12(21)19-11-16-5-17-20(11)2/h3-6H,1-2H3,(H2,16,17,18,19,21). The zero-order valence-corrected chi connectivity index (χ0v) is 12.7. The molecule has 1 heterocycles. The molecule has 0 saturated heterocycles. The minimum atomic E-state index is -0.630. The van der Waals surface area contributed by atoms with E-state index < -0.39 is 17.9 Å². The molecule has 6 nitrogen and oxygen atoms in total. The Bertz CT molecular complexity index is 676. The van der Waals surface area contributed by atoms with E-state index >= 15 is 0 Å². The molecule has 0 aliphatic heterocycles. The third-order valence-electron chi connectivity index (χ3n) is 2.77. The number of nitrogens with one attached hydrogen (secondary N) is 2. The topological polar surface area (TPSA) is 71.8 Å². The summed E-state index contributed by atoms with van der Waals surface area (Å²) in [5, 5.41) is 9.06.